The van der Waals surface area contributed by atoms with Gasteiger partial charge in [-0.3, -0.25) is 9.59 Å². The molecule has 0 aliphatic carbocycles. The zero-order valence-electron chi connectivity index (χ0n) is 11.2. The lowest BCUT2D eigenvalue weighted by Gasteiger charge is -2.05. The van der Waals surface area contributed by atoms with Gasteiger partial charge < -0.3 is 10.4 Å². The predicted molar refractivity (Wildman–Crippen MR) is 76.7 cm³/mol. The highest BCUT2D eigenvalue weighted by Gasteiger charge is 2.09. The van der Waals surface area contributed by atoms with Crippen LogP contribution >= 0.6 is 0 Å². The number of anilines is 1. The Balaban J connectivity index is 1.84. The van der Waals surface area contributed by atoms with Crippen molar-refractivity contribution in [3.05, 3.63) is 59.9 Å². The first-order valence-electron chi connectivity index (χ1n) is 6.42. The Morgan fingerprint density at radius 3 is 2.19 bits per heavy atom. The van der Waals surface area contributed by atoms with Crippen LogP contribution in [0.4, 0.5) is 10.1 Å². The molecule has 108 valence electrons. The van der Waals surface area contributed by atoms with Crippen molar-refractivity contribution >= 4 is 17.4 Å². The Morgan fingerprint density at radius 2 is 1.57 bits per heavy atom. The zero-order chi connectivity index (χ0) is 15.2. The number of hydrogen-bond donors (Lipinski definition) is 2. The molecule has 21 heavy (non-hydrogen) atoms. The summed E-state index contributed by atoms with van der Waals surface area (Å²) in [6.45, 7) is 0. The molecule has 0 unspecified atom stereocenters. The fourth-order valence-corrected chi connectivity index (χ4v) is 1.78. The number of amides is 1. The minimum Gasteiger partial charge on any atom is -0.508 e. The number of nitrogens with one attached hydrogen (secondary N) is 1. The van der Waals surface area contributed by atoms with E-state index in [0.717, 1.165) is 0 Å². The fourth-order valence-electron chi connectivity index (χ4n) is 1.78. The lowest BCUT2D eigenvalue weighted by atomic mass is 10.1. The molecular weight excluding hydrogens is 273 g/mol. The van der Waals surface area contributed by atoms with E-state index in [1.165, 1.54) is 36.4 Å². The first-order chi connectivity index (χ1) is 10.0. The minimum absolute atomic E-state index is 0.0388. The van der Waals surface area contributed by atoms with Crippen LogP contribution in [-0.4, -0.2) is 16.8 Å². The van der Waals surface area contributed by atoms with Gasteiger partial charge in [0.05, 0.1) is 0 Å². The summed E-state index contributed by atoms with van der Waals surface area (Å²) in [6, 6.07) is 11.3. The van der Waals surface area contributed by atoms with E-state index in [1.54, 1.807) is 12.1 Å². The second-order valence-electron chi connectivity index (χ2n) is 4.53. The molecule has 0 aromatic heterocycles. The van der Waals surface area contributed by atoms with Crippen molar-refractivity contribution in [2.45, 2.75) is 12.8 Å². The van der Waals surface area contributed by atoms with Gasteiger partial charge in [-0.15, -0.1) is 0 Å². The van der Waals surface area contributed by atoms with Crippen LogP contribution in [0, 0.1) is 5.82 Å². The SMILES string of the molecule is O=C(CCC(=O)c1ccc(F)cc1)Nc1ccc(O)cc1. The Morgan fingerprint density at radius 1 is 0.952 bits per heavy atom. The number of ketones is 1. The van der Waals surface area contributed by atoms with E-state index < -0.39 is 5.82 Å². The van der Waals surface area contributed by atoms with Gasteiger partial charge >= 0.3 is 0 Å². The molecule has 0 fully saturated rings. The summed E-state index contributed by atoms with van der Waals surface area (Å²) >= 11 is 0. The number of carbonyl (C=O) groups is 2. The second kappa shape index (κ2) is 6.65. The summed E-state index contributed by atoms with van der Waals surface area (Å²) in [4.78, 5) is 23.5. The Labute approximate surface area is 121 Å². The van der Waals surface area contributed by atoms with Crippen molar-refractivity contribution in [1.82, 2.24) is 0 Å². The van der Waals surface area contributed by atoms with Crippen LogP contribution in [0.15, 0.2) is 48.5 Å². The van der Waals surface area contributed by atoms with E-state index in [4.69, 9.17) is 5.11 Å². The Hall–Kier alpha value is -2.69. The van der Waals surface area contributed by atoms with E-state index in [9.17, 15) is 14.0 Å². The third-order valence-corrected chi connectivity index (χ3v) is 2.90. The van der Waals surface area contributed by atoms with Gasteiger partial charge in [0, 0.05) is 24.1 Å². The van der Waals surface area contributed by atoms with Crippen molar-refractivity contribution in [1.29, 1.82) is 0 Å². The molecule has 1 amide bonds. The number of benzene rings is 2. The first-order valence-corrected chi connectivity index (χ1v) is 6.42. The van der Waals surface area contributed by atoms with Gasteiger partial charge in [0.2, 0.25) is 5.91 Å². The van der Waals surface area contributed by atoms with E-state index in [-0.39, 0.29) is 30.3 Å². The lowest BCUT2D eigenvalue weighted by molar-refractivity contribution is -0.116. The highest BCUT2D eigenvalue weighted by Crippen LogP contribution is 2.14. The maximum atomic E-state index is 12.7. The van der Waals surface area contributed by atoms with E-state index in [2.05, 4.69) is 5.32 Å². The third kappa shape index (κ3) is 4.42. The van der Waals surface area contributed by atoms with E-state index in [0.29, 0.717) is 11.3 Å². The molecule has 0 spiro atoms. The van der Waals surface area contributed by atoms with Gasteiger partial charge in [-0.1, -0.05) is 0 Å². The topological polar surface area (TPSA) is 66.4 Å². The third-order valence-electron chi connectivity index (χ3n) is 2.90. The largest absolute Gasteiger partial charge is 0.508 e. The summed E-state index contributed by atoms with van der Waals surface area (Å²) in [7, 11) is 0. The summed E-state index contributed by atoms with van der Waals surface area (Å²) in [5, 5.41) is 11.8. The van der Waals surface area contributed by atoms with Gasteiger partial charge in [0.1, 0.15) is 11.6 Å². The molecule has 2 aromatic rings. The standard InChI is InChI=1S/C16H14FNO3/c17-12-3-1-11(2-4-12)15(20)9-10-16(21)18-13-5-7-14(19)8-6-13/h1-8,19H,9-10H2,(H,18,21). The normalized spacial score (nSPS) is 10.1. The smallest absolute Gasteiger partial charge is 0.224 e. The Bertz CT molecular complexity index is 636. The number of carbonyl (C=O) groups excluding carboxylic acids is 2. The molecule has 0 aliphatic rings. The van der Waals surface area contributed by atoms with Crippen LogP contribution in [0.2, 0.25) is 0 Å². The quantitative estimate of drug-likeness (QED) is 0.656. The van der Waals surface area contributed by atoms with Gasteiger partial charge in [0.25, 0.3) is 0 Å². The molecule has 0 bridgehead atoms. The number of halogens is 1. The maximum Gasteiger partial charge on any atom is 0.224 e. The average Bonchev–Trinajstić information content (AvgIpc) is 2.48. The van der Waals surface area contributed by atoms with Crippen molar-refractivity contribution in [2.75, 3.05) is 5.32 Å². The van der Waals surface area contributed by atoms with Crippen LogP contribution in [-0.2, 0) is 4.79 Å². The molecule has 0 saturated carbocycles. The monoisotopic (exact) mass is 287 g/mol. The van der Waals surface area contributed by atoms with Gasteiger partial charge in [0.15, 0.2) is 5.78 Å². The summed E-state index contributed by atoms with van der Waals surface area (Å²) < 4.78 is 12.7. The van der Waals surface area contributed by atoms with Gasteiger partial charge in [-0.2, -0.15) is 0 Å². The highest BCUT2D eigenvalue weighted by molar-refractivity contribution is 5.99. The van der Waals surface area contributed by atoms with Gasteiger partial charge in [-0.05, 0) is 48.5 Å². The number of rotatable bonds is 5. The van der Waals surface area contributed by atoms with E-state index in [1.807, 2.05) is 0 Å². The first kappa shape index (κ1) is 14.7. The van der Waals surface area contributed by atoms with Gasteiger partial charge in [-0.25, -0.2) is 4.39 Å². The molecule has 0 aliphatic heterocycles. The fraction of sp³-hybridized carbons (Fsp3) is 0.125. The molecular formula is C16H14FNO3. The van der Waals surface area contributed by atoms with Crippen molar-refractivity contribution in [2.24, 2.45) is 0 Å². The van der Waals surface area contributed by atoms with Crippen LogP contribution < -0.4 is 5.32 Å². The lowest BCUT2D eigenvalue weighted by Crippen LogP contribution is -2.13. The highest BCUT2D eigenvalue weighted by atomic mass is 19.1. The van der Waals surface area contributed by atoms with Crippen molar-refractivity contribution in [3.8, 4) is 5.75 Å². The molecule has 0 radical (unpaired) electrons. The molecule has 2 aromatic carbocycles. The summed E-state index contributed by atoms with van der Waals surface area (Å²) in [6.07, 6.45) is 0.0899. The van der Waals surface area contributed by atoms with Crippen LogP contribution in [0.3, 0.4) is 0 Å². The molecule has 0 saturated heterocycles. The molecule has 2 rings (SSSR count). The molecule has 4 nitrogen and oxygen atoms in total. The summed E-state index contributed by atoms with van der Waals surface area (Å²) in [5.74, 6) is -0.803. The maximum absolute atomic E-state index is 12.7. The van der Waals surface area contributed by atoms with Crippen LogP contribution in [0.25, 0.3) is 0 Å². The summed E-state index contributed by atoms with van der Waals surface area (Å²) in [5.41, 5.74) is 0.931. The molecule has 0 atom stereocenters. The van der Waals surface area contributed by atoms with Crippen molar-refractivity contribution < 1.29 is 19.1 Å². The minimum atomic E-state index is -0.406. The van der Waals surface area contributed by atoms with Crippen LogP contribution in [0.1, 0.15) is 23.2 Å². The number of phenols is 1. The van der Waals surface area contributed by atoms with Crippen molar-refractivity contribution in [3.63, 3.8) is 0 Å². The average molecular weight is 287 g/mol. The predicted octanol–water partition coefficient (Wildman–Crippen LogP) is 3.13. The molecule has 0 heterocycles. The number of aromatic hydroxyl groups is 1. The zero-order valence-corrected chi connectivity index (χ0v) is 11.2. The second-order valence-corrected chi connectivity index (χ2v) is 4.53. The number of Topliss-reactive ketones (excluding diaryl/α,β-unsaturated/α-hetero) is 1. The molecule has 2 N–H and O–H groups in total. The number of hydrogen-bond acceptors (Lipinski definition) is 3. The molecule has 5 heteroatoms. The number of phenolic OH excluding ortho intramolecular Hbond substituents is 1. The Kier molecular flexibility index (Phi) is 4.66. The van der Waals surface area contributed by atoms with Crippen LogP contribution in [0.5, 0.6) is 5.75 Å². The van der Waals surface area contributed by atoms with E-state index >= 15 is 0 Å².